The summed E-state index contributed by atoms with van der Waals surface area (Å²) in [6.45, 7) is 0. The summed E-state index contributed by atoms with van der Waals surface area (Å²) in [4.78, 5) is 3.53. The summed E-state index contributed by atoms with van der Waals surface area (Å²) >= 11 is 0. The van der Waals surface area contributed by atoms with Gasteiger partial charge in [0.05, 0.1) is 22.1 Å². The zero-order valence-corrected chi connectivity index (χ0v) is 17.7. The maximum absolute atomic E-state index is 14.0. The van der Waals surface area contributed by atoms with Crippen LogP contribution in [0.2, 0.25) is 0 Å². The molecule has 0 saturated carbocycles. The molecule has 2 nitrogen and oxygen atoms in total. The van der Waals surface area contributed by atoms with Gasteiger partial charge in [-0.05, 0) is 47.2 Å². The SMILES string of the molecule is FC(F)(F)c1cc(C(F)(F)F)c2c(ccc3ccc(-n4c5ccccc5c5ccccc54)cc32)n1. The first-order chi connectivity index (χ1) is 16.6. The van der Waals surface area contributed by atoms with Crippen LogP contribution in [0.5, 0.6) is 0 Å². The molecule has 2 heterocycles. The largest absolute Gasteiger partial charge is 0.433 e. The van der Waals surface area contributed by atoms with Crippen LogP contribution in [0, 0.1) is 0 Å². The van der Waals surface area contributed by atoms with Crippen LogP contribution < -0.4 is 0 Å². The van der Waals surface area contributed by atoms with Crippen molar-refractivity contribution in [1.82, 2.24) is 9.55 Å². The molecule has 0 atom stereocenters. The number of hydrogen-bond donors (Lipinski definition) is 0. The predicted molar refractivity (Wildman–Crippen MR) is 124 cm³/mol. The summed E-state index contributed by atoms with van der Waals surface area (Å²) in [5.41, 5.74) is -0.979. The van der Waals surface area contributed by atoms with Crippen LogP contribution in [0.4, 0.5) is 26.3 Å². The number of benzene rings is 4. The van der Waals surface area contributed by atoms with Gasteiger partial charge in [0, 0.05) is 21.8 Å². The maximum atomic E-state index is 14.0. The Labute approximate surface area is 194 Å². The topological polar surface area (TPSA) is 17.8 Å². The zero-order chi connectivity index (χ0) is 24.5. The molecule has 0 N–H and O–H groups in total. The molecule has 6 aromatic rings. The highest BCUT2D eigenvalue weighted by molar-refractivity contribution is 6.11. The van der Waals surface area contributed by atoms with Crippen molar-refractivity contribution in [2.45, 2.75) is 12.4 Å². The summed E-state index contributed by atoms with van der Waals surface area (Å²) < 4.78 is 83.9. The fourth-order valence-corrected chi connectivity index (χ4v) is 4.75. The second-order valence-corrected chi connectivity index (χ2v) is 8.29. The van der Waals surface area contributed by atoms with E-state index >= 15 is 0 Å². The molecule has 0 bridgehead atoms. The Hall–Kier alpha value is -4.07. The number of hydrogen-bond acceptors (Lipinski definition) is 1. The molecule has 0 aliphatic carbocycles. The fraction of sp³-hybridized carbons (Fsp3) is 0.0741. The molecule has 0 radical (unpaired) electrons. The second-order valence-electron chi connectivity index (χ2n) is 8.29. The number of alkyl halides is 6. The van der Waals surface area contributed by atoms with Gasteiger partial charge in [-0.1, -0.05) is 48.5 Å². The average Bonchev–Trinajstić information content (AvgIpc) is 3.16. The number of halogens is 6. The minimum atomic E-state index is -5.01. The van der Waals surface area contributed by atoms with Crippen LogP contribution in [-0.4, -0.2) is 9.55 Å². The van der Waals surface area contributed by atoms with E-state index in [-0.39, 0.29) is 22.4 Å². The molecule has 6 rings (SSSR count). The number of nitrogens with zero attached hydrogens (tertiary/aromatic N) is 2. The number of pyridine rings is 1. The number of fused-ring (bicyclic) bond motifs is 6. The molecular formula is C27H14F6N2. The summed E-state index contributed by atoms with van der Waals surface area (Å²) in [5, 5.41) is 2.25. The molecule has 4 aromatic carbocycles. The lowest BCUT2D eigenvalue weighted by Gasteiger charge is -2.16. The Morgan fingerprint density at radius 2 is 1.20 bits per heavy atom. The third-order valence-corrected chi connectivity index (χ3v) is 6.21. The van der Waals surface area contributed by atoms with Crippen molar-refractivity contribution in [2.75, 3.05) is 0 Å². The molecule has 0 aliphatic rings. The lowest BCUT2D eigenvalue weighted by Crippen LogP contribution is -2.13. The van der Waals surface area contributed by atoms with Crippen LogP contribution in [0.15, 0.2) is 84.9 Å². The van der Waals surface area contributed by atoms with Crippen molar-refractivity contribution in [3.63, 3.8) is 0 Å². The summed E-state index contributed by atoms with van der Waals surface area (Å²) in [7, 11) is 0. The standard InChI is InChI=1S/C27H14F6N2/c28-26(29,30)20-14-24(27(31,32)33)34-21-12-10-15-9-11-16(13-19(15)25(20)21)35-22-7-3-1-5-17(22)18-6-2-4-8-23(18)35/h1-14H. The average molecular weight is 480 g/mol. The molecule has 0 unspecified atom stereocenters. The van der Waals surface area contributed by atoms with Crippen LogP contribution >= 0.6 is 0 Å². The summed E-state index contributed by atoms with van der Waals surface area (Å²) in [5.74, 6) is 0. The van der Waals surface area contributed by atoms with E-state index in [0.717, 1.165) is 21.8 Å². The first kappa shape index (κ1) is 21.5. The molecule has 0 saturated heterocycles. The van der Waals surface area contributed by atoms with Crippen molar-refractivity contribution in [2.24, 2.45) is 0 Å². The van der Waals surface area contributed by atoms with Crippen LogP contribution in [0.1, 0.15) is 11.3 Å². The Balaban J connectivity index is 1.73. The van der Waals surface area contributed by atoms with E-state index in [1.165, 1.54) is 12.1 Å². The lowest BCUT2D eigenvalue weighted by molar-refractivity contribution is -0.144. The van der Waals surface area contributed by atoms with E-state index in [4.69, 9.17) is 0 Å². The number of rotatable bonds is 1. The van der Waals surface area contributed by atoms with Gasteiger partial charge in [0.15, 0.2) is 0 Å². The molecule has 0 aliphatic heterocycles. The fourth-order valence-electron chi connectivity index (χ4n) is 4.75. The Kier molecular flexibility index (Phi) is 4.42. The minimum absolute atomic E-state index is 0.0922. The van der Waals surface area contributed by atoms with Crippen LogP contribution in [-0.2, 0) is 12.4 Å². The molecule has 35 heavy (non-hydrogen) atoms. The molecule has 174 valence electrons. The quantitative estimate of drug-likeness (QED) is 0.170. The maximum Gasteiger partial charge on any atom is 0.433 e. The number of para-hydroxylation sites is 2. The second kappa shape index (κ2) is 7.21. The summed E-state index contributed by atoms with van der Waals surface area (Å²) in [6, 6.07) is 23.2. The minimum Gasteiger partial charge on any atom is -0.309 e. The lowest BCUT2D eigenvalue weighted by atomic mass is 9.99. The van der Waals surface area contributed by atoms with E-state index in [1.807, 2.05) is 53.1 Å². The molecule has 0 spiro atoms. The highest BCUT2D eigenvalue weighted by Crippen LogP contribution is 2.42. The highest BCUT2D eigenvalue weighted by Gasteiger charge is 2.39. The predicted octanol–water partition coefficient (Wildman–Crippen LogP) is 8.52. The molecule has 2 aromatic heterocycles. The van der Waals surface area contributed by atoms with Gasteiger partial charge in [-0.2, -0.15) is 26.3 Å². The number of aromatic nitrogens is 2. The van der Waals surface area contributed by atoms with Crippen molar-refractivity contribution in [3.8, 4) is 5.69 Å². The van der Waals surface area contributed by atoms with E-state index < -0.39 is 23.6 Å². The molecule has 0 amide bonds. The van der Waals surface area contributed by atoms with Crippen molar-refractivity contribution < 1.29 is 26.3 Å². The Morgan fingerprint density at radius 1 is 0.600 bits per heavy atom. The van der Waals surface area contributed by atoms with Crippen LogP contribution in [0.3, 0.4) is 0 Å². The van der Waals surface area contributed by atoms with Gasteiger partial charge in [-0.15, -0.1) is 0 Å². The van der Waals surface area contributed by atoms with Gasteiger partial charge < -0.3 is 4.57 Å². The monoisotopic (exact) mass is 480 g/mol. The highest BCUT2D eigenvalue weighted by atomic mass is 19.4. The van der Waals surface area contributed by atoms with E-state index in [2.05, 4.69) is 4.98 Å². The zero-order valence-electron chi connectivity index (χ0n) is 17.7. The normalized spacial score (nSPS) is 12.9. The molecule has 0 fully saturated rings. The molecule has 8 heteroatoms. The van der Waals surface area contributed by atoms with Gasteiger partial charge in [0.25, 0.3) is 0 Å². The van der Waals surface area contributed by atoms with Crippen molar-refractivity contribution in [3.05, 3.63) is 96.2 Å². The van der Waals surface area contributed by atoms with Gasteiger partial charge in [-0.3, -0.25) is 0 Å². The first-order valence-electron chi connectivity index (χ1n) is 10.6. The van der Waals surface area contributed by atoms with Gasteiger partial charge in [-0.25, -0.2) is 4.98 Å². The Morgan fingerprint density at radius 3 is 1.80 bits per heavy atom. The van der Waals surface area contributed by atoms with Gasteiger partial charge in [0.2, 0.25) is 0 Å². The molecular weight excluding hydrogens is 466 g/mol. The van der Waals surface area contributed by atoms with Crippen molar-refractivity contribution in [1.29, 1.82) is 0 Å². The van der Waals surface area contributed by atoms with E-state index in [0.29, 0.717) is 11.1 Å². The van der Waals surface area contributed by atoms with Crippen LogP contribution in [0.25, 0.3) is 49.2 Å². The first-order valence-corrected chi connectivity index (χ1v) is 10.6. The third kappa shape index (κ3) is 3.31. The van der Waals surface area contributed by atoms with Crippen molar-refractivity contribution >= 4 is 43.5 Å². The third-order valence-electron chi connectivity index (χ3n) is 6.21. The van der Waals surface area contributed by atoms with Gasteiger partial charge in [0.1, 0.15) is 5.69 Å². The Bertz CT molecular complexity index is 1720. The van der Waals surface area contributed by atoms with E-state index in [1.54, 1.807) is 18.2 Å². The smallest absolute Gasteiger partial charge is 0.309 e. The summed E-state index contributed by atoms with van der Waals surface area (Å²) in [6.07, 6.45) is -10.0. The van der Waals surface area contributed by atoms with E-state index in [9.17, 15) is 26.3 Å². The van der Waals surface area contributed by atoms with Gasteiger partial charge >= 0.3 is 12.4 Å².